The Balaban J connectivity index is 2.75. The molecule has 0 atom stereocenters. The Kier molecular flexibility index (Phi) is 3.83. The number of nitrogens with zero attached hydrogens (tertiary/aromatic N) is 2. The van der Waals surface area contributed by atoms with E-state index in [-0.39, 0.29) is 5.91 Å². The first-order valence-electron chi connectivity index (χ1n) is 5.14. The first-order valence-corrected chi connectivity index (χ1v) is 5.14. The zero-order valence-electron chi connectivity index (χ0n) is 9.87. The van der Waals surface area contributed by atoms with Gasteiger partial charge in [-0.1, -0.05) is 17.7 Å². The molecule has 0 N–H and O–H groups in total. The predicted molar refractivity (Wildman–Crippen MR) is 62.9 cm³/mol. The second-order valence-electron chi connectivity index (χ2n) is 4.06. The SMILES string of the molecule is CC1=CC=C(C(=O)N=C(C)N(C)C)CC1. The number of hydrogen-bond acceptors (Lipinski definition) is 1. The van der Waals surface area contributed by atoms with E-state index in [1.165, 1.54) is 5.57 Å². The second kappa shape index (κ2) is 4.91. The number of carbonyl (C=O) groups is 1. The summed E-state index contributed by atoms with van der Waals surface area (Å²) in [6.45, 7) is 3.91. The van der Waals surface area contributed by atoms with Crippen molar-refractivity contribution in [2.24, 2.45) is 4.99 Å². The Morgan fingerprint density at radius 2 is 2.00 bits per heavy atom. The fourth-order valence-electron chi connectivity index (χ4n) is 1.24. The van der Waals surface area contributed by atoms with E-state index in [1.54, 1.807) is 0 Å². The predicted octanol–water partition coefficient (Wildman–Crippen LogP) is 2.16. The molecule has 0 unspecified atom stereocenters. The molecule has 0 radical (unpaired) electrons. The average molecular weight is 206 g/mol. The lowest BCUT2D eigenvalue weighted by molar-refractivity contribution is -0.114. The molecule has 15 heavy (non-hydrogen) atoms. The number of allylic oxidation sites excluding steroid dienone is 3. The second-order valence-corrected chi connectivity index (χ2v) is 4.06. The minimum absolute atomic E-state index is 0.107. The molecule has 0 bridgehead atoms. The average Bonchev–Trinajstić information content (AvgIpc) is 2.18. The molecule has 1 rings (SSSR count). The van der Waals surface area contributed by atoms with E-state index < -0.39 is 0 Å². The van der Waals surface area contributed by atoms with Gasteiger partial charge < -0.3 is 4.90 Å². The first-order chi connectivity index (χ1) is 7.00. The molecule has 1 aliphatic carbocycles. The molecule has 0 aromatic rings. The number of carbonyl (C=O) groups excluding carboxylic acids is 1. The highest BCUT2D eigenvalue weighted by atomic mass is 16.1. The number of amidine groups is 1. The summed E-state index contributed by atoms with van der Waals surface area (Å²) < 4.78 is 0. The maximum atomic E-state index is 11.7. The fourth-order valence-corrected chi connectivity index (χ4v) is 1.24. The van der Waals surface area contributed by atoms with Gasteiger partial charge >= 0.3 is 0 Å². The van der Waals surface area contributed by atoms with Crippen LogP contribution in [0.4, 0.5) is 0 Å². The standard InChI is InChI=1S/C12H18N2O/c1-9-5-7-11(8-6-9)12(15)13-10(2)14(3)4/h5,7H,6,8H2,1-4H3. The van der Waals surface area contributed by atoms with Crippen LogP contribution >= 0.6 is 0 Å². The van der Waals surface area contributed by atoms with E-state index in [4.69, 9.17) is 0 Å². The lowest BCUT2D eigenvalue weighted by Gasteiger charge is -2.12. The zero-order chi connectivity index (χ0) is 11.4. The molecule has 0 fully saturated rings. The third kappa shape index (κ3) is 3.35. The molecular formula is C12H18N2O. The first kappa shape index (κ1) is 11.7. The van der Waals surface area contributed by atoms with Gasteiger partial charge in [0.25, 0.3) is 5.91 Å². The molecule has 3 heteroatoms. The Morgan fingerprint density at radius 3 is 2.47 bits per heavy atom. The molecule has 0 saturated heterocycles. The quantitative estimate of drug-likeness (QED) is 0.486. The third-order valence-corrected chi connectivity index (χ3v) is 2.54. The largest absolute Gasteiger partial charge is 0.366 e. The topological polar surface area (TPSA) is 32.7 Å². The van der Waals surface area contributed by atoms with Gasteiger partial charge in [-0.15, -0.1) is 0 Å². The van der Waals surface area contributed by atoms with Gasteiger partial charge in [0.1, 0.15) is 5.84 Å². The van der Waals surface area contributed by atoms with Crippen LogP contribution in [-0.2, 0) is 4.79 Å². The molecule has 0 saturated carbocycles. The number of rotatable bonds is 1. The Morgan fingerprint density at radius 1 is 1.33 bits per heavy atom. The molecule has 0 aliphatic heterocycles. The lowest BCUT2D eigenvalue weighted by Crippen LogP contribution is -2.20. The molecule has 1 aliphatic rings. The third-order valence-electron chi connectivity index (χ3n) is 2.54. The molecular weight excluding hydrogens is 188 g/mol. The number of hydrogen-bond donors (Lipinski definition) is 0. The maximum absolute atomic E-state index is 11.7. The summed E-state index contributed by atoms with van der Waals surface area (Å²) in [5.74, 6) is 0.636. The smallest absolute Gasteiger partial charge is 0.274 e. The molecule has 3 nitrogen and oxygen atoms in total. The van der Waals surface area contributed by atoms with Crippen molar-refractivity contribution in [2.75, 3.05) is 14.1 Å². The van der Waals surface area contributed by atoms with Gasteiger partial charge in [-0.2, -0.15) is 4.99 Å². The number of aliphatic imine (C=N–C) groups is 1. The minimum atomic E-state index is -0.107. The van der Waals surface area contributed by atoms with Crippen LogP contribution in [-0.4, -0.2) is 30.7 Å². The maximum Gasteiger partial charge on any atom is 0.274 e. The van der Waals surface area contributed by atoms with Gasteiger partial charge in [0, 0.05) is 19.7 Å². The van der Waals surface area contributed by atoms with Gasteiger partial charge in [0.2, 0.25) is 0 Å². The van der Waals surface area contributed by atoms with Crippen molar-refractivity contribution < 1.29 is 4.79 Å². The van der Waals surface area contributed by atoms with Crippen LogP contribution in [0.5, 0.6) is 0 Å². The van der Waals surface area contributed by atoms with Gasteiger partial charge in [0.15, 0.2) is 0 Å². The summed E-state index contributed by atoms with van der Waals surface area (Å²) in [5.41, 5.74) is 2.13. The highest BCUT2D eigenvalue weighted by Gasteiger charge is 2.11. The van der Waals surface area contributed by atoms with Crippen LogP contribution < -0.4 is 0 Å². The van der Waals surface area contributed by atoms with Crippen molar-refractivity contribution in [3.8, 4) is 0 Å². The van der Waals surface area contributed by atoms with Gasteiger partial charge in [-0.25, -0.2) is 0 Å². The van der Waals surface area contributed by atoms with E-state index in [9.17, 15) is 4.79 Å². The summed E-state index contributed by atoms with van der Waals surface area (Å²) in [5, 5.41) is 0. The Hall–Kier alpha value is -1.38. The highest BCUT2D eigenvalue weighted by Crippen LogP contribution is 2.18. The summed E-state index contributed by atoms with van der Waals surface area (Å²) >= 11 is 0. The van der Waals surface area contributed by atoms with Crippen LogP contribution in [0, 0.1) is 0 Å². The van der Waals surface area contributed by atoms with E-state index in [0.717, 1.165) is 24.3 Å². The van der Waals surface area contributed by atoms with E-state index >= 15 is 0 Å². The van der Waals surface area contributed by atoms with Crippen LogP contribution in [0.25, 0.3) is 0 Å². The molecule has 0 spiro atoms. The van der Waals surface area contributed by atoms with Crippen LogP contribution in [0.2, 0.25) is 0 Å². The fraction of sp³-hybridized carbons (Fsp3) is 0.500. The molecule has 1 amide bonds. The van der Waals surface area contributed by atoms with Crippen LogP contribution in [0.1, 0.15) is 26.7 Å². The summed E-state index contributed by atoms with van der Waals surface area (Å²) in [7, 11) is 3.76. The zero-order valence-corrected chi connectivity index (χ0v) is 9.87. The van der Waals surface area contributed by atoms with Crippen molar-refractivity contribution in [1.29, 1.82) is 0 Å². The molecule has 0 heterocycles. The molecule has 0 aromatic heterocycles. The van der Waals surface area contributed by atoms with E-state index in [1.807, 2.05) is 38.1 Å². The van der Waals surface area contributed by atoms with Crippen molar-refractivity contribution in [1.82, 2.24) is 4.90 Å². The number of amides is 1. The summed E-state index contributed by atoms with van der Waals surface area (Å²) in [6.07, 6.45) is 5.66. The Labute approximate surface area is 91.2 Å². The lowest BCUT2D eigenvalue weighted by atomic mass is 9.99. The normalized spacial score (nSPS) is 16.9. The Bertz CT molecular complexity index is 349. The van der Waals surface area contributed by atoms with E-state index in [2.05, 4.69) is 11.9 Å². The van der Waals surface area contributed by atoms with Crippen molar-refractivity contribution in [2.45, 2.75) is 26.7 Å². The summed E-state index contributed by atoms with van der Waals surface area (Å²) in [6, 6.07) is 0. The highest BCUT2D eigenvalue weighted by molar-refractivity contribution is 6.02. The van der Waals surface area contributed by atoms with Crippen molar-refractivity contribution in [3.05, 3.63) is 23.3 Å². The van der Waals surface area contributed by atoms with Gasteiger partial charge in [0.05, 0.1) is 0 Å². The summed E-state index contributed by atoms with van der Waals surface area (Å²) in [4.78, 5) is 17.6. The van der Waals surface area contributed by atoms with Gasteiger partial charge in [-0.05, 0) is 26.7 Å². The monoisotopic (exact) mass is 206 g/mol. The minimum Gasteiger partial charge on any atom is -0.366 e. The van der Waals surface area contributed by atoms with Crippen molar-refractivity contribution in [3.63, 3.8) is 0 Å². The van der Waals surface area contributed by atoms with Crippen LogP contribution in [0.3, 0.4) is 0 Å². The molecule has 0 aromatic carbocycles. The van der Waals surface area contributed by atoms with Crippen molar-refractivity contribution >= 4 is 11.7 Å². The van der Waals surface area contributed by atoms with E-state index in [0.29, 0.717) is 0 Å². The van der Waals surface area contributed by atoms with Gasteiger partial charge in [-0.3, -0.25) is 4.79 Å². The molecule has 82 valence electrons. The van der Waals surface area contributed by atoms with Crippen LogP contribution in [0.15, 0.2) is 28.3 Å².